The molecule has 0 bridgehead atoms. The maximum atomic E-state index is 14.1. The number of halogens is 1. The van der Waals surface area contributed by atoms with E-state index in [4.69, 9.17) is 16.3 Å². The van der Waals surface area contributed by atoms with Crippen molar-refractivity contribution in [2.45, 2.75) is 25.2 Å². The summed E-state index contributed by atoms with van der Waals surface area (Å²) in [6.07, 6.45) is 1.81. The van der Waals surface area contributed by atoms with Crippen molar-refractivity contribution in [3.8, 4) is 17.2 Å². The first-order valence-electron chi connectivity index (χ1n) is 13.8. The summed E-state index contributed by atoms with van der Waals surface area (Å²) >= 11 is 7.13. The van der Waals surface area contributed by atoms with Gasteiger partial charge < -0.3 is 25.0 Å². The van der Waals surface area contributed by atoms with Crippen LogP contribution in [-0.2, 0) is 16.6 Å². The summed E-state index contributed by atoms with van der Waals surface area (Å²) in [4.78, 5) is 86.2. The van der Waals surface area contributed by atoms with Gasteiger partial charge in [0.1, 0.15) is 27.0 Å². The molecule has 0 saturated carbocycles. The normalized spacial score (nSPS) is 18.2. The molecule has 1 amide bonds. The monoisotopic (exact) mass is 674 g/mol. The number of ketones is 4. The van der Waals surface area contributed by atoms with E-state index in [9.17, 15) is 44.1 Å². The van der Waals surface area contributed by atoms with Crippen LogP contribution in [0.2, 0.25) is 4.34 Å². The number of aromatic nitrogens is 2. The number of aromatic amines is 1. The Balaban J connectivity index is 1.31. The highest BCUT2D eigenvalue weighted by Gasteiger charge is 2.61. The molecular weight excluding hydrogens is 656 g/mol. The van der Waals surface area contributed by atoms with E-state index < -0.39 is 85.3 Å². The van der Waals surface area contributed by atoms with Crippen LogP contribution >= 0.6 is 22.9 Å². The van der Waals surface area contributed by atoms with E-state index >= 15 is 0 Å². The maximum absolute atomic E-state index is 14.1. The van der Waals surface area contributed by atoms with Gasteiger partial charge in [-0.1, -0.05) is 17.7 Å². The largest absolute Gasteiger partial charge is 0.507 e. The van der Waals surface area contributed by atoms with E-state index in [-0.39, 0.29) is 44.9 Å². The molecule has 7 rings (SSSR count). The topological polar surface area (TPSA) is 225 Å². The van der Waals surface area contributed by atoms with Gasteiger partial charge in [0.25, 0.3) is 11.5 Å². The zero-order chi connectivity index (χ0) is 33.7. The lowest BCUT2D eigenvalue weighted by molar-refractivity contribution is 0.0790. The first-order chi connectivity index (χ1) is 22.3. The number of phenols is 3. The zero-order valence-electron chi connectivity index (χ0n) is 24.1. The number of fused-ring (bicyclic) bond motifs is 5. The summed E-state index contributed by atoms with van der Waals surface area (Å²) in [5, 5.41) is 38.1. The van der Waals surface area contributed by atoms with Crippen LogP contribution in [0.15, 0.2) is 33.9 Å². The Morgan fingerprint density at radius 1 is 1.06 bits per heavy atom. The van der Waals surface area contributed by atoms with Crippen LogP contribution < -0.4 is 11.0 Å². The number of hydrogen-bond acceptors (Lipinski definition) is 13. The zero-order valence-corrected chi connectivity index (χ0v) is 25.7. The number of amides is 1. The fraction of sp³-hybridized carbons (Fsp3) is 0.161. The molecule has 3 aliphatic rings. The number of thiazole rings is 1. The third-order valence-electron chi connectivity index (χ3n) is 8.54. The lowest BCUT2D eigenvalue weighted by Gasteiger charge is -2.22. The fourth-order valence-corrected chi connectivity index (χ4v) is 7.68. The Labute approximate surface area is 271 Å². The predicted octanol–water partition coefficient (Wildman–Crippen LogP) is 3.00. The summed E-state index contributed by atoms with van der Waals surface area (Å²) in [6, 6.07) is 2.96. The molecule has 0 unspecified atom stereocenters. The molecule has 236 valence electrons. The van der Waals surface area contributed by atoms with Gasteiger partial charge in [-0.15, -0.1) is 11.3 Å². The highest BCUT2D eigenvalue weighted by Crippen LogP contribution is 2.57. The number of aryl methyl sites for hydroxylation is 2. The number of ether oxygens (including phenoxy) is 1. The molecule has 0 saturated heterocycles. The van der Waals surface area contributed by atoms with E-state index in [1.807, 2.05) is 0 Å². The number of H-pyrrole nitrogens is 1. The second kappa shape index (κ2) is 10.2. The van der Waals surface area contributed by atoms with E-state index in [1.54, 1.807) is 6.92 Å². The molecule has 1 spiro atoms. The van der Waals surface area contributed by atoms with E-state index in [0.717, 1.165) is 30.7 Å². The number of nitrogens with zero attached hydrogens (tertiary/aromatic N) is 2. The minimum atomic E-state index is -2.16. The number of carbonyl (C=O) groups is 5. The van der Waals surface area contributed by atoms with Gasteiger partial charge in [-0.25, -0.2) is 10.4 Å². The second-order valence-corrected chi connectivity index (χ2v) is 12.8. The average Bonchev–Trinajstić information content (AvgIpc) is 3.64. The molecule has 5 N–H and O–H groups in total. The van der Waals surface area contributed by atoms with Gasteiger partial charge in [-0.3, -0.25) is 28.8 Å². The molecule has 0 radical (unpaired) electrons. The number of hydrazone groups is 1. The Morgan fingerprint density at radius 2 is 1.74 bits per heavy atom. The lowest BCUT2D eigenvalue weighted by atomic mass is 9.76. The molecule has 0 fully saturated rings. The first-order valence-corrected chi connectivity index (χ1v) is 15.0. The van der Waals surface area contributed by atoms with Crippen LogP contribution in [0.5, 0.6) is 17.2 Å². The number of aromatic hydroxyl groups is 3. The van der Waals surface area contributed by atoms with Crippen LogP contribution in [0, 0.1) is 6.92 Å². The minimum Gasteiger partial charge on any atom is -0.507 e. The van der Waals surface area contributed by atoms with Crippen molar-refractivity contribution in [3.63, 3.8) is 0 Å². The van der Waals surface area contributed by atoms with E-state index in [0.29, 0.717) is 10.6 Å². The summed E-state index contributed by atoms with van der Waals surface area (Å²) in [6.45, 7) is 1.68. The molecule has 2 heterocycles. The first kappa shape index (κ1) is 30.0. The molecule has 14 nitrogen and oxygen atoms in total. The summed E-state index contributed by atoms with van der Waals surface area (Å²) in [7, 11) is 1.12. The fourth-order valence-electron chi connectivity index (χ4n) is 6.58. The molecule has 2 aromatic carbocycles. The third kappa shape index (κ3) is 3.96. The predicted molar refractivity (Wildman–Crippen MR) is 165 cm³/mol. The van der Waals surface area contributed by atoms with Crippen LogP contribution in [0.1, 0.15) is 80.2 Å². The standard InChI is InChI=1S/C31H19ClN4O10S/c1-9-34-21(28(32)47-9)30(45)36-33-8-12-6-11-5-10-3-4-31(20(10)25(41)15(11)29(44)35-12)26(42)18-19(27(31)43)24(40)17-16(23(18)39)13(37)7-14(46-2)22(17)38/h5-8,39-41H,3-4H2,1-2H3,(H,35,44)(H,36,45)/b33-8+/t31-/m0/s1. The minimum absolute atomic E-state index is 0.0118. The van der Waals surface area contributed by atoms with Crippen molar-refractivity contribution in [3.05, 3.63) is 88.4 Å². The van der Waals surface area contributed by atoms with Crippen LogP contribution in [-0.4, -0.2) is 67.7 Å². The number of pyridine rings is 1. The van der Waals surface area contributed by atoms with Gasteiger partial charge in [0.05, 0.1) is 51.7 Å². The van der Waals surface area contributed by atoms with Crippen molar-refractivity contribution in [1.82, 2.24) is 15.4 Å². The smallest absolute Gasteiger partial charge is 0.292 e. The van der Waals surface area contributed by atoms with Crippen molar-refractivity contribution in [2.24, 2.45) is 5.10 Å². The summed E-state index contributed by atoms with van der Waals surface area (Å²) < 4.78 is 5.09. The Bertz CT molecular complexity index is 2350. The highest BCUT2D eigenvalue weighted by atomic mass is 35.5. The molecule has 1 atom stereocenters. The van der Waals surface area contributed by atoms with Crippen LogP contribution in [0.4, 0.5) is 0 Å². The third-order valence-corrected chi connectivity index (χ3v) is 9.71. The van der Waals surface area contributed by atoms with Gasteiger partial charge in [-0.05, 0) is 36.8 Å². The van der Waals surface area contributed by atoms with Gasteiger partial charge in [-0.2, -0.15) is 5.10 Å². The SMILES string of the molecule is COC1=CC(=O)c2c(O)c3c(c(O)c2C1=O)C(=O)[C@]1(CCc2cc4cc(/C=N/NC(=O)c5nc(C)sc5Cl)[nH]c(=O)c4c(O)c21)C3=O. The average molecular weight is 675 g/mol. The molecule has 16 heteroatoms. The number of benzene rings is 2. The highest BCUT2D eigenvalue weighted by molar-refractivity contribution is 7.16. The van der Waals surface area contributed by atoms with Crippen LogP contribution in [0.25, 0.3) is 10.8 Å². The summed E-state index contributed by atoms with van der Waals surface area (Å²) in [5.41, 5.74) is -3.12. The Hall–Kier alpha value is -5.67. The molecule has 2 aromatic heterocycles. The number of allylic oxidation sites excluding steroid dienone is 2. The van der Waals surface area contributed by atoms with Gasteiger partial charge >= 0.3 is 0 Å². The van der Waals surface area contributed by atoms with Crippen LogP contribution in [0.3, 0.4) is 0 Å². The maximum Gasteiger partial charge on any atom is 0.292 e. The number of nitrogens with one attached hydrogen (secondary N) is 2. The Kier molecular flexibility index (Phi) is 6.49. The van der Waals surface area contributed by atoms with Crippen molar-refractivity contribution < 1.29 is 44.0 Å². The van der Waals surface area contributed by atoms with E-state index in [1.165, 1.54) is 12.1 Å². The summed E-state index contributed by atoms with van der Waals surface area (Å²) in [5.74, 6) is -7.64. The number of hydrogen-bond donors (Lipinski definition) is 5. The van der Waals surface area contributed by atoms with Gasteiger partial charge in [0, 0.05) is 11.6 Å². The molecule has 4 aromatic rings. The van der Waals surface area contributed by atoms with Crippen molar-refractivity contribution in [2.75, 3.05) is 7.11 Å². The van der Waals surface area contributed by atoms with E-state index in [2.05, 4.69) is 20.5 Å². The molecule has 3 aliphatic carbocycles. The molecule has 47 heavy (non-hydrogen) atoms. The van der Waals surface area contributed by atoms with Gasteiger partial charge in [0.2, 0.25) is 5.78 Å². The number of Topliss-reactive ketones (excluding diaryl/α,β-unsaturated/α-hetero) is 3. The number of carbonyl (C=O) groups excluding carboxylic acids is 5. The second-order valence-electron chi connectivity index (χ2n) is 11.0. The molecule has 0 aliphatic heterocycles. The van der Waals surface area contributed by atoms with Crippen molar-refractivity contribution >= 4 is 69.0 Å². The Morgan fingerprint density at radius 3 is 2.38 bits per heavy atom. The lowest BCUT2D eigenvalue weighted by Crippen LogP contribution is -2.36. The number of rotatable bonds is 4. The van der Waals surface area contributed by atoms with Gasteiger partial charge in [0.15, 0.2) is 28.8 Å². The number of methoxy groups -OCH3 is 1. The quantitative estimate of drug-likeness (QED) is 0.0915. The number of phenolic OH excluding ortho intramolecular Hbond substituents is 3. The van der Waals surface area contributed by atoms with Crippen molar-refractivity contribution in [1.29, 1.82) is 0 Å². The molecular formula is C31H19ClN4O10S.